The minimum absolute atomic E-state index is 0.138. The number of hydrogen-bond acceptors (Lipinski definition) is 3. The number of unbranched alkanes of at least 4 members (excludes halogenated alkanes) is 3. The van der Waals surface area contributed by atoms with Crippen molar-refractivity contribution in [3.63, 3.8) is 0 Å². The summed E-state index contributed by atoms with van der Waals surface area (Å²) in [5.41, 5.74) is 2.98. The van der Waals surface area contributed by atoms with Gasteiger partial charge in [0.05, 0.1) is 11.8 Å². The Hall–Kier alpha value is -1.07. The Kier molecular flexibility index (Phi) is 6.78. The minimum Gasteiger partial charge on any atom is -0.487 e. The van der Waals surface area contributed by atoms with Gasteiger partial charge in [0.2, 0.25) is 10.0 Å². The second-order valence-corrected chi connectivity index (χ2v) is 10.3. The summed E-state index contributed by atoms with van der Waals surface area (Å²) >= 11 is 0. The summed E-state index contributed by atoms with van der Waals surface area (Å²) in [5, 5.41) is 0. The lowest BCUT2D eigenvalue weighted by Crippen LogP contribution is -2.44. The van der Waals surface area contributed by atoms with Gasteiger partial charge in [0.1, 0.15) is 11.4 Å². The molecule has 1 aromatic carbocycles. The molecule has 1 atom stereocenters. The Morgan fingerprint density at radius 2 is 1.77 bits per heavy atom. The standard InChI is InChI=1S/C21H35NO3S/c1-7-9-10-11-12-22(26(23,24)8-2)19-15-21(5,6)25-20-14-17(4)16(3)13-18(19)20/h13-14,19H,7-12,15H2,1-6H3. The molecule has 0 fully saturated rings. The van der Waals surface area contributed by atoms with Gasteiger partial charge in [-0.25, -0.2) is 8.42 Å². The van der Waals surface area contributed by atoms with Crippen LogP contribution in [0, 0.1) is 13.8 Å². The van der Waals surface area contributed by atoms with Crippen LogP contribution in [-0.4, -0.2) is 30.6 Å². The highest BCUT2D eigenvalue weighted by atomic mass is 32.2. The molecule has 0 aliphatic carbocycles. The summed E-state index contributed by atoms with van der Waals surface area (Å²) in [4.78, 5) is 0. The third kappa shape index (κ3) is 4.80. The lowest BCUT2D eigenvalue weighted by atomic mass is 9.88. The largest absolute Gasteiger partial charge is 0.487 e. The molecule has 0 saturated heterocycles. The van der Waals surface area contributed by atoms with E-state index < -0.39 is 10.0 Å². The van der Waals surface area contributed by atoms with E-state index in [0.717, 1.165) is 37.0 Å². The van der Waals surface area contributed by atoms with Crippen LogP contribution < -0.4 is 4.74 Å². The van der Waals surface area contributed by atoms with Crippen molar-refractivity contribution in [2.75, 3.05) is 12.3 Å². The molecule has 0 bridgehead atoms. The molecule has 5 heteroatoms. The highest BCUT2D eigenvalue weighted by Gasteiger charge is 2.40. The van der Waals surface area contributed by atoms with Crippen molar-refractivity contribution in [1.29, 1.82) is 0 Å². The van der Waals surface area contributed by atoms with Crippen molar-refractivity contribution >= 4 is 10.0 Å². The van der Waals surface area contributed by atoms with Gasteiger partial charge < -0.3 is 4.74 Å². The van der Waals surface area contributed by atoms with E-state index in [4.69, 9.17) is 4.74 Å². The van der Waals surface area contributed by atoms with Crippen LogP contribution in [0.15, 0.2) is 12.1 Å². The number of aryl methyl sites for hydroxylation is 2. The number of nitrogens with zero attached hydrogens (tertiary/aromatic N) is 1. The van der Waals surface area contributed by atoms with Gasteiger partial charge in [-0.05, 0) is 58.2 Å². The normalized spacial score (nSPS) is 19.3. The van der Waals surface area contributed by atoms with E-state index >= 15 is 0 Å². The quantitative estimate of drug-likeness (QED) is 0.586. The topological polar surface area (TPSA) is 46.6 Å². The molecule has 2 rings (SSSR count). The van der Waals surface area contributed by atoms with Crippen LogP contribution in [-0.2, 0) is 10.0 Å². The Labute approximate surface area is 160 Å². The summed E-state index contributed by atoms with van der Waals surface area (Å²) in [5.74, 6) is 0.970. The molecule has 0 spiro atoms. The van der Waals surface area contributed by atoms with Crippen LogP contribution in [0.2, 0.25) is 0 Å². The van der Waals surface area contributed by atoms with E-state index in [1.807, 2.05) is 13.8 Å². The molecule has 1 aliphatic heterocycles. The fourth-order valence-electron chi connectivity index (χ4n) is 3.68. The molecule has 26 heavy (non-hydrogen) atoms. The Bertz CT molecular complexity index is 725. The number of sulfonamides is 1. The smallest absolute Gasteiger partial charge is 0.214 e. The number of fused-ring (bicyclic) bond motifs is 1. The summed E-state index contributed by atoms with van der Waals surface area (Å²) in [6, 6.07) is 4.03. The molecule has 0 saturated carbocycles. The first-order chi connectivity index (χ1) is 12.1. The molecular weight excluding hydrogens is 346 g/mol. The molecule has 4 nitrogen and oxygen atoms in total. The zero-order chi connectivity index (χ0) is 19.5. The molecule has 0 aromatic heterocycles. The first-order valence-corrected chi connectivity index (χ1v) is 11.5. The maximum atomic E-state index is 12.9. The average Bonchev–Trinajstić information content (AvgIpc) is 2.55. The monoisotopic (exact) mass is 381 g/mol. The van der Waals surface area contributed by atoms with Crippen molar-refractivity contribution in [3.05, 3.63) is 28.8 Å². The minimum atomic E-state index is -3.29. The van der Waals surface area contributed by atoms with Crippen molar-refractivity contribution in [2.45, 2.75) is 85.3 Å². The Morgan fingerprint density at radius 1 is 1.12 bits per heavy atom. The van der Waals surface area contributed by atoms with Crippen molar-refractivity contribution < 1.29 is 13.2 Å². The van der Waals surface area contributed by atoms with Gasteiger partial charge >= 0.3 is 0 Å². The van der Waals surface area contributed by atoms with E-state index in [-0.39, 0.29) is 17.4 Å². The molecular formula is C21H35NO3S. The summed E-state index contributed by atoms with van der Waals surface area (Å²) in [6.45, 7) is 12.7. The number of rotatable bonds is 8. The van der Waals surface area contributed by atoms with Gasteiger partial charge in [0, 0.05) is 18.5 Å². The summed E-state index contributed by atoms with van der Waals surface area (Å²) in [7, 11) is -3.29. The van der Waals surface area contributed by atoms with E-state index in [9.17, 15) is 8.42 Å². The van der Waals surface area contributed by atoms with Crippen molar-refractivity contribution in [2.24, 2.45) is 0 Å². The van der Waals surface area contributed by atoms with Crippen LogP contribution in [0.4, 0.5) is 0 Å². The first-order valence-electron chi connectivity index (χ1n) is 9.91. The van der Waals surface area contributed by atoms with Gasteiger partial charge in [0.15, 0.2) is 0 Å². The molecule has 0 radical (unpaired) electrons. The lowest BCUT2D eigenvalue weighted by Gasteiger charge is -2.42. The van der Waals surface area contributed by atoms with E-state index in [2.05, 4.69) is 32.9 Å². The molecule has 1 unspecified atom stereocenters. The zero-order valence-electron chi connectivity index (χ0n) is 17.3. The zero-order valence-corrected chi connectivity index (χ0v) is 18.1. The molecule has 1 heterocycles. The first kappa shape index (κ1) is 21.2. The highest BCUT2D eigenvalue weighted by Crippen LogP contribution is 2.44. The van der Waals surface area contributed by atoms with Crippen LogP contribution in [0.5, 0.6) is 5.75 Å². The second-order valence-electron chi connectivity index (χ2n) is 8.13. The molecule has 148 valence electrons. The molecule has 1 aromatic rings. The number of ether oxygens (including phenoxy) is 1. The van der Waals surface area contributed by atoms with Crippen molar-refractivity contribution in [3.8, 4) is 5.75 Å². The summed E-state index contributed by atoms with van der Waals surface area (Å²) in [6.07, 6.45) is 4.94. The van der Waals surface area contributed by atoms with E-state index in [1.165, 1.54) is 11.1 Å². The van der Waals surface area contributed by atoms with Crippen LogP contribution in [0.3, 0.4) is 0 Å². The Morgan fingerprint density at radius 3 is 2.38 bits per heavy atom. The Balaban J connectivity index is 2.44. The molecule has 0 N–H and O–H groups in total. The molecule has 0 amide bonds. The predicted octanol–water partition coefficient (Wildman–Crippen LogP) is 5.14. The maximum Gasteiger partial charge on any atom is 0.214 e. The molecule has 1 aliphatic rings. The summed E-state index contributed by atoms with van der Waals surface area (Å²) < 4.78 is 33.8. The third-order valence-corrected chi connectivity index (χ3v) is 7.24. The highest BCUT2D eigenvalue weighted by molar-refractivity contribution is 7.89. The van der Waals surface area contributed by atoms with Crippen LogP contribution >= 0.6 is 0 Å². The van der Waals surface area contributed by atoms with Crippen LogP contribution in [0.1, 0.15) is 82.5 Å². The predicted molar refractivity (Wildman–Crippen MR) is 108 cm³/mol. The third-order valence-electron chi connectivity index (χ3n) is 5.36. The number of hydrogen-bond donors (Lipinski definition) is 0. The van der Waals surface area contributed by atoms with Crippen molar-refractivity contribution in [1.82, 2.24) is 4.31 Å². The van der Waals surface area contributed by atoms with Gasteiger partial charge in [-0.15, -0.1) is 0 Å². The van der Waals surface area contributed by atoms with E-state index in [1.54, 1.807) is 11.2 Å². The van der Waals surface area contributed by atoms with E-state index in [0.29, 0.717) is 13.0 Å². The van der Waals surface area contributed by atoms with Gasteiger partial charge in [-0.1, -0.05) is 32.3 Å². The fraction of sp³-hybridized carbons (Fsp3) is 0.714. The van der Waals surface area contributed by atoms with Gasteiger partial charge in [-0.3, -0.25) is 0 Å². The SMILES string of the molecule is CCCCCCN(C1CC(C)(C)Oc2cc(C)c(C)cc21)S(=O)(=O)CC. The lowest BCUT2D eigenvalue weighted by molar-refractivity contribution is 0.0499. The fourth-order valence-corrected chi connectivity index (χ4v) is 5.00. The average molecular weight is 382 g/mol. The van der Waals surface area contributed by atoms with Crippen LogP contribution in [0.25, 0.3) is 0 Å². The maximum absolute atomic E-state index is 12.9. The van der Waals surface area contributed by atoms with Gasteiger partial charge in [0.25, 0.3) is 0 Å². The second kappa shape index (κ2) is 8.30. The number of benzene rings is 1. The van der Waals surface area contributed by atoms with Gasteiger partial charge in [-0.2, -0.15) is 4.31 Å².